The van der Waals surface area contributed by atoms with Crippen LogP contribution in [0.15, 0.2) is 48.5 Å². The van der Waals surface area contributed by atoms with Crippen LogP contribution < -0.4 is 14.8 Å². The summed E-state index contributed by atoms with van der Waals surface area (Å²) in [5.74, 6) is 1.52. The number of nitrogens with one attached hydrogen (secondary N) is 1. The van der Waals surface area contributed by atoms with Crippen LogP contribution in [0.5, 0.6) is 11.5 Å². The number of β-amino-alcohol motifs (C(OH)–C–C–N with tert-alkyl or cyclic N) is 1. The summed E-state index contributed by atoms with van der Waals surface area (Å²) < 4.78 is 10.8. The van der Waals surface area contributed by atoms with Crippen LogP contribution in [0.3, 0.4) is 0 Å². The van der Waals surface area contributed by atoms with Gasteiger partial charge in [-0.1, -0.05) is 24.3 Å². The maximum Gasteiger partial charge on any atom is 0.119 e. The minimum atomic E-state index is -0.614. The molecule has 5 heteroatoms. The first-order valence-electron chi connectivity index (χ1n) is 9.26. The van der Waals surface area contributed by atoms with E-state index in [1.54, 1.807) is 26.2 Å². The zero-order chi connectivity index (χ0) is 19.9. The molecule has 0 unspecified atom stereocenters. The van der Waals surface area contributed by atoms with Gasteiger partial charge in [0.05, 0.1) is 13.2 Å². The van der Waals surface area contributed by atoms with E-state index in [2.05, 4.69) is 31.3 Å². The van der Waals surface area contributed by atoms with Gasteiger partial charge < -0.3 is 25.0 Å². The molecule has 2 aromatic rings. The van der Waals surface area contributed by atoms with E-state index in [-0.39, 0.29) is 12.1 Å². The van der Waals surface area contributed by atoms with Crippen LogP contribution in [-0.4, -0.2) is 42.1 Å². The van der Waals surface area contributed by atoms with Crippen molar-refractivity contribution in [2.75, 3.05) is 20.3 Å². The van der Waals surface area contributed by atoms with E-state index in [9.17, 15) is 10.2 Å². The van der Waals surface area contributed by atoms with Gasteiger partial charge in [0.1, 0.15) is 24.2 Å². The van der Waals surface area contributed by atoms with Gasteiger partial charge in [0.15, 0.2) is 0 Å². The fourth-order valence-corrected chi connectivity index (χ4v) is 2.80. The zero-order valence-electron chi connectivity index (χ0n) is 16.6. The second kappa shape index (κ2) is 9.74. The summed E-state index contributed by atoms with van der Waals surface area (Å²) in [5, 5.41) is 23.1. The van der Waals surface area contributed by atoms with Crippen molar-refractivity contribution in [1.29, 1.82) is 0 Å². The van der Waals surface area contributed by atoms with Gasteiger partial charge in [0.2, 0.25) is 0 Å². The van der Waals surface area contributed by atoms with Crippen molar-refractivity contribution in [3.8, 4) is 11.5 Å². The minimum Gasteiger partial charge on any atom is -0.497 e. The fraction of sp³-hybridized carbons (Fsp3) is 0.455. The molecule has 0 aromatic heterocycles. The number of methoxy groups -OCH3 is 1. The predicted molar refractivity (Wildman–Crippen MR) is 107 cm³/mol. The lowest BCUT2D eigenvalue weighted by Crippen LogP contribution is -2.46. The number of hydrogen-bond donors (Lipinski definition) is 3. The first kappa shape index (κ1) is 21.2. The molecule has 0 aliphatic carbocycles. The van der Waals surface area contributed by atoms with Gasteiger partial charge in [-0.25, -0.2) is 0 Å². The second-order valence-electron chi connectivity index (χ2n) is 7.50. The Kier molecular flexibility index (Phi) is 7.66. The monoisotopic (exact) mass is 373 g/mol. The van der Waals surface area contributed by atoms with E-state index in [0.29, 0.717) is 12.3 Å². The number of hydrogen-bond acceptors (Lipinski definition) is 5. The van der Waals surface area contributed by atoms with Crippen LogP contribution in [0.2, 0.25) is 0 Å². The molecule has 0 saturated carbocycles. The molecule has 2 rings (SSSR count). The summed E-state index contributed by atoms with van der Waals surface area (Å²) in [4.78, 5) is 0. The van der Waals surface area contributed by atoms with Gasteiger partial charge in [0, 0.05) is 12.1 Å². The molecule has 0 aliphatic rings. The molecule has 5 nitrogen and oxygen atoms in total. The van der Waals surface area contributed by atoms with Gasteiger partial charge in [-0.15, -0.1) is 0 Å². The Morgan fingerprint density at radius 1 is 0.963 bits per heavy atom. The molecular formula is C22H31NO4. The second-order valence-corrected chi connectivity index (χ2v) is 7.50. The van der Waals surface area contributed by atoms with E-state index in [1.165, 1.54) is 5.56 Å². The van der Waals surface area contributed by atoms with Gasteiger partial charge in [-0.3, -0.25) is 0 Å². The molecule has 0 amide bonds. The van der Waals surface area contributed by atoms with Crippen molar-refractivity contribution in [2.24, 2.45) is 0 Å². The van der Waals surface area contributed by atoms with E-state index >= 15 is 0 Å². The Bertz CT molecular complexity index is 680. The topological polar surface area (TPSA) is 71.0 Å². The maximum absolute atomic E-state index is 10.2. The summed E-state index contributed by atoms with van der Waals surface area (Å²) in [6.45, 7) is 6.59. The summed E-state index contributed by atoms with van der Waals surface area (Å²) >= 11 is 0. The Morgan fingerprint density at radius 3 is 2.11 bits per heavy atom. The molecular weight excluding hydrogens is 342 g/mol. The van der Waals surface area contributed by atoms with E-state index in [0.717, 1.165) is 17.7 Å². The fourth-order valence-electron chi connectivity index (χ4n) is 2.80. The molecule has 2 aromatic carbocycles. The van der Waals surface area contributed by atoms with Gasteiger partial charge in [-0.2, -0.15) is 0 Å². The van der Waals surface area contributed by atoms with Crippen LogP contribution in [0.1, 0.15) is 38.0 Å². The van der Waals surface area contributed by atoms with Crippen LogP contribution in [0.4, 0.5) is 0 Å². The number of aliphatic hydroxyl groups is 2. The zero-order valence-corrected chi connectivity index (χ0v) is 16.6. The highest BCUT2D eigenvalue weighted by Gasteiger charge is 2.19. The first-order chi connectivity index (χ1) is 12.8. The normalized spacial score (nSPS) is 13.9. The quantitative estimate of drug-likeness (QED) is 0.597. The third kappa shape index (κ3) is 7.21. The van der Waals surface area contributed by atoms with Crippen LogP contribution >= 0.6 is 0 Å². The van der Waals surface area contributed by atoms with Crippen molar-refractivity contribution < 1.29 is 19.7 Å². The summed E-state index contributed by atoms with van der Waals surface area (Å²) in [6.07, 6.45) is -0.274. The molecule has 0 bridgehead atoms. The predicted octanol–water partition coefficient (Wildman–Crippen LogP) is 3.10. The third-order valence-electron chi connectivity index (χ3n) is 4.43. The largest absolute Gasteiger partial charge is 0.497 e. The molecule has 0 spiro atoms. The van der Waals surface area contributed by atoms with Crippen molar-refractivity contribution in [1.82, 2.24) is 5.32 Å². The van der Waals surface area contributed by atoms with E-state index < -0.39 is 12.2 Å². The summed E-state index contributed by atoms with van der Waals surface area (Å²) in [7, 11) is 1.66. The number of rotatable bonds is 10. The highest BCUT2D eigenvalue weighted by atomic mass is 16.5. The maximum atomic E-state index is 10.2. The first-order valence-corrected chi connectivity index (χ1v) is 9.26. The Balaban J connectivity index is 1.76. The lowest BCUT2D eigenvalue weighted by molar-refractivity contribution is 0.0988. The molecule has 0 radical (unpaired) electrons. The standard InChI is InChI=1S/C22H31NO4/c1-16(24)18-7-11-21(12-8-18)27-15-19(25)14-23-22(2,3)13-17-5-9-20(26-4)10-6-17/h5-12,16,19,23-25H,13-15H2,1-4H3/t16-,19-/m1/s1. The number of aliphatic hydroxyl groups excluding tert-OH is 2. The lowest BCUT2D eigenvalue weighted by Gasteiger charge is -2.28. The van der Waals surface area contributed by atoms with Gasteiger partial charge in [-0.05, 0) is 62.6 Å². The van der Waals surface area contributed by atoms with Gasteiger partial charge >= 0.3 is 0 Å². The van der Waals surface area contributed by atoms with Crippen LogP contribution in [0.25, 0.3) is 0 Å². The minimum absolute atomic E-state index is 0.158. The average Bonchev–Trinajstić information content (AvgIpc) is 2.65. The van der Waals surface area contributed by atoms with Gasteiger partial charge in [0.25, 0.3) is 0 Å². The lowest BCUT2D eigenvalue weighted by atomic mass is 9.94. The average molecular weight is 373 g/mol. The van der Waals surface area contributed by atoms with Crippen molar-refractivity contribution in [2.45, 2.75) is 44.9 Å². The van der Waals surface area contributed by atoms with Crippen LogP contribution in [0, 0.1) is 0 Å². The number of ether oxygens (including phenoxy) is 2. The van der Waals surface area contributed by atoms with Crippen molar-refractivity contribution >= 4 is 0 Å². The Labute approximate surface area is 162 Å². The molecule has 2 atom stereocenters. The molecule has 3 N–H and O–H groups in total. The molecule has 0 heterocycles. The molecule has 0 aliphatic heterocycles. The van der Waals surface area contributed by atoms with Crippen molar-refractivity contribution in [3.05, 3.63) is 59.7 Å². The molecule has 27 heavy (non-hydrogen) atoms. The Morgan fingerprint density at radius 2 is 1.56 bits per heavy atom. The molecule has 148 valence electrons. The SMILES string of the molecule is COc1ccc(CC(C)(C)NC[C@@H](O)COc2ccc([C@@H](C)O)cc2)cc1. The number of benzene rings is 2. The summed E-state index contributed by atoms with van der Waals surface area (Å²) in [5.41, 5.74) is 1.89. The van der Waals surface area contributed by atoms with Crippen LogP contribution in [-0.2, 0) is 6.42 Å². The third-order valence-corrected chi connectivity index (χ3v) is 4.43. The Hall–Kier alpha value is -2.08. The summed E-state index contributed by atoms with van der Waals surface area (Å²) in [6, 6.07) is 15.3. The highest BCUT2D eigenvalue weighted by Crippen LogP contribution is 2.18. The van der Waals surface area contributed by atoms with Crippen molar-refractivity contribution in [3.63, 3.8) is 0 Å². The van der Waals surface area contributed by atoms with E-state index in [1.807, 2.05) is 24.3 Å². The smallest absolute Gasteiger partial charge is 0.119 e. The highest BCUT2D eigenvalue weighted by molar-refractivity contribution is 5.29. The molecule has 0 fully saturated rings. The van der Waals surface area contributed by atoms with E-state index in [4.69, 9.17) is 9.47 Å². The molecule has 0 saturated heterocycles.